The number of carboxylic acid groups (broad SMARTS) is 1. The fraction of sp³-hybridized carbons (Fsp3) is 0.312. The zero-order valence-electron chi connectivity index (χ0n) is 24.7. The first kappa shape index (κ1) is 29.9. The molecule has 2 fully saturated rings. The third-order valence-electron chi connectivity index (χ3n) is 8.07. The summed E-state index contributed by atoms with van der Waals surface area (Å²) in [7, 11) is 1.66. The van der Waals surface area contributed by atoms with Gasteiger partial charge in [0, 0.05) is 26.1 Å². The van der Waals surface area contributed by atoms with Crippen molar-refractivity contribution in [2.75, 3.05) is 25.5 Å². The smallest absolute Gasteiger partial charge is 0.336 e. The standard InChI is InChI=1S/C32H33N7O6/c1-3-33-32(43)37-28-25-29(35-17-34-28)39(18-36-25)23-15-20(16-38(2)30(40)21-11-7-8-12-22(21)31(41)42)26-27(23)45-24(44-26)14-13-19-9-5-4-6-10-19/h4-14,17-18,20,23-24,26-27H,3,15-16H2,1-2H3,(H,41,42)(H2,33,34,35,37,43)/t20?,23?,24-,26?,27?/m0/s1. The quantitative estimate of drug-likeness (QED) is 0.256. The monoisotopic (exact) mass is 611 g/mol. The lowest BCUT2D eigenvalue weighted by atomic mass is 10.0. The van der Waals surface area contributed by atoms with Crippen molar-refractivity contribution in [3.8, 4) is 0 Å². The third kappa shape index (κ3) is 6.12. The minimum absolute atomic E-state index is 0.0512. The molecule has 0 radical (unpaired) electrons. The van der Waals surface area contributed by atoms with Crippen LogP contribution in [0.3, 0.4) is 0 Å². The van der Waals surface area contributed by atoms with Crippen molar-refractivity contribution in [1.29, 1.82) is 0 Å². The molecule has 3 heterocycles. The first-order chi connectivity index (χ1) is 21.8. The number of aromatic nitrogens is 4. The normalized spacial score (nSPS) is 22.4. The van der Waals surface area contributed by atoms with Gasteiger partial charge in [-0.3, -0.25) is 10.1 Å². The minimum atomic E-state index is -1.16. The number of aromatic carboxylic acids is 1. The highest BCUT2D eigenvalue weighted by Gasteiger charge is 2.52. The lowest BCUT2D eigenvalue weighted by Crippen LogP contribution is -2.37. The number of urea groups is 1. The summed E-state index contributed by atoms with van der Waals surface area (Å²) in [6, 6.07) is 15.3. The van der Waals surface area contributed by atoms with Crippen LogP contribution in [0.5, 0.6) is 0 Å². The molecule has 2 aromatic heterocycles. The van der Waals surface area contributed by atoms with E-state index < -0.39 is 30.3 Å². The van der Waals surface area contributed by atoms with E-state index in [2.05, 4.69) is 25.6 Å². The largest absolute Gasteiger partial charge is 0.478 e. The van der Waals surface area contributed by atoms with Gasteiger partial charge in [0.05, 0.1) is 29.6 Å². The van der Waals surface area contributed by atoms with Crippen LogP contribution < -0.4 is 10.6 Å². The van der Waals surface area contributed by atoms with Crippen molar-refractivity contribution >= 4 is 41.0 Å². The summed E-state index contributed by atoms with van der Waals surface area (Å²) in [5.41, 5.74) is 2.02. The maximum atomic E-state index is 13.4. The van der Waals surface area contributed by atoms with Crippen LogP contribution >= 0.6 is 0 Å². The van der Waals surface area contributed by atoms with E-state index in [0.717, 1.165) is 5.56 Å². The zero-order chi connectivity index (χ0) is 31.5. The number of carboxylic acids is 1. The first-order valence-corrected chi connectivity index (χ1v) is 14.7. The van der Waals surface area contributed by atoms with Crippen molar-refractivity contribution in [3.05, 3.63) is 90.0 Å². The van der Waals surface area contributed by atoms with Gasteiger partial charge >= 0.3 is 12.0 Å². The molecular weight excluding hydrogens is 578 g/mol. The van der Waals surface area contributed by atoms with Gasteiger partial charge in [0.25, 0.3) is 5.91 Å². The maximum absolute atomic E-state index is 13.4. The average Bonchev–Trinajstić information content (AvgIpc) is 3.75. The highest BCUT2D eigenvalue weighted by Crippen LogP contribution is 2.45. The van der Waals surface area contributed by atoms with E-state index in [-0.39, 0.29) is 35.0 Å². The van der Waals surface area contributed by atoms with E-state index in [9.17, 15) is 19.5 Å². The Balaban J connectivity index is 1.28. The van der Waals surface area contributed by atoms with Crippen molar-refractivity contribution in [1.82, 2.24) is 29.7 Å². The molecule has 4 unspecified atom stereocenters. The van der Waals surface area contributed by atoms with E-state index in [4.69, 9.17) is 9.47 Å². The lowest BCUT2D eigenvalue weighted by molar-refractivity contribution is -0.0513. The molecule has 13 heteroatoms. The molecule has 0 bridgehead atoms. The van der Waals surface area contributed by atoms with Crippen molar-refractivity contribution in [2.45, 2.75) is 37.9 Å². The van der Waals surface area contributed by atoms with E-state index >= 15 is 0 Å². The minimum Gasteiger partial charge on any atom is -0.478 e. The van der Waals surface area contributed by atoms with Gasteiger partial charge in [0.1, 0.15) is 12.4 Å². The van der Waals surface area contributed by atoms with E-state index in [1.807, 2.05) is 54.0 Å². The number of anilines is 1. The number of nitrogens with one attached hydrogen (secondary N) is 2. The van der Waals surface area contributed by atoms with Gasteiger partial charge in [0.15, 0.2) is 23.3 Å². The van der Waals surface area contributed by atoms with Crippen LogP contribution in [0, 0.1) is 5.92 Å². The Morgan fingerprint density at radius 2 is 1.76 bits per heavy atom. The molecule has 1 saturated carbocycles. The molecule has 1 aliphatic carbocycles. The fourth-order valence-electron chi connectivity index (χ4n) is 6.05. The third-order valence-corrected chi connectivity index (χ3v) is 8.07. The van der Waals surface area contributed by atoms with Crippen LogP contribution in [0.2, 0.25) is 0 Å². The Kier molecular flexibility index (Phi) is 8.54. The van der Waals surface area contributed by atoms with Gasteiger partial charge in [-0.05, 0) is 37.1 Å². The average molecular weight is 612 g/mol. The van der Waals surface area contributed by atoms with Gasteiger partial charge in [-0.15, -0.1) is 0 Å². The summed E-state index contributed by atoms with van der Waals surface area (Å²) in [6.07, 6.45) is 5.99. The summed E-state index contributed by atoms with van der Waals surface area (Å²) in [5, 5.41) is 15.0. The number of hydrogen-bond donors (Lipinski definition) is 3. The number of fused-ring (bicyclic) bond motifs is 2. The predicted octanol–water partition coefficient (Wildman–Crippen LogP) is 3.82. The van der Waals surface area contributed by atoms with Crippen LogP contribution in [-0.2, 0) is 9.47 Å². The Bertz CT molecular complexity index is 1740. The molecule has 13 nitrogen and oxygen atoms in total. The summed E-state index contributed by atoms with van der Waals surface area (Å²) in [6.45, 7) is 2.57. The Labute approximate surface area is 258 Å². The molecule has 232 valence electrons. The van der Waals surface area contributed by atoms with Crippen LogP contribution in [-0.4, -0.2) is 86.1 Å². The number of imidazole rings is 1. The van der Waals surface area contributed by atoms with Gasteiger partial charge in [-0.25, -0.2) is 24.5 Å². The number of benzene rings is 2. The van der Waals surface area contributed by atoms with Crippen molar-refractivity contribution < 1.29 is 29.0 Å². The van der Waals surface area contributed by atoms with Crippen LogP contribution in [0.4, 0.5) is 10.6 Å². The molecule has 45 heavy (non-hydrogen) atoms. The van der Waals surface area contributed by atoms with E-state index in [1.165, 1.54) is 23.4 Å². The van der Waals surface area contributed by atoms with Crippen molar-refractivity contribution in [3.63, 3.8) is 0 Å². The number of carbonyl (C=O) groups excluding carboxylic acids is 2. The maximum Gasteiger partial charge on any atom is 0.336 e. The molecule has 5 atom stereocenters. The lowest BCUT2D eigenvalue weighted by Gasteiger charge is -2.25. The summed E-state index contributed by atoms with van der Waals surface area (Å²) >= 11 is 0. The molecule has 3 N–H and O–H groups in total. The zero-order valence-corrected chi connectivity index (χ0v) is 24.7. The van der Waals surface area contributed by atoms with Gasteiger partial charge < -0.3 is 29.4 Å². The summed E-state index contributed by atoms with van der Waals surface area (Å²) in [5.74, 6) is -1.43. The summed E-state index contributed by atoms with van der Waals surface area (Å²) in [4.78, 5) is 52.2. The number of hydrogen-bond acceptors (Lipinski definition) is 8. The summed E-state index contributed by atoms with van der Waals surface area (Å²) < 4.78 is 14.8. The molecule has 3 amide bonds. The van der Waals surface area contributed by atoms with E-state index in [0.29, 0.717) is 30.7 Å². The number of nitrogens with zero attached hydrogens (tertiary/aromatic N) is 5. The number of rotatable bonds is 9. The Hall–Kier alpha value is -5.14. The van der Waals surface area contributed by atoms with Crippen molar-refractivity contribution in [2.24, 2.45) is 5.92 Å². The molecule has 1 saturated heterocycles. The molecular formula is C32H33N7O6. The molecule has 0 spiro atoms. The number of amides is 3. The highest BCUT2D eigenvalue weighted by molar-refractivity contribution is 6.04. The van der Waals surface area contributed by atoms with Crippen LogP contribution in [0.1, 0.15) is 45.7 Å². The van der Waals surface area contributed by atoms with E-state index in [1.54, 1.807) is 25.5 Å². The molecule has 1 aliphatic heterocycles. The SMILES string of the molecule is CCNC(=O)Nc1ncnc2c1ncn2C1CC(CN(C)C(=O)c2ccccc2C(=O)O)C2O[C@H](C=Cc3ccccc3)OC21. The second-order valence-corrected chi connectivity index (χ2v) is 11.0. The van der Waals surface area contributed by atoms with Gasteiger partial charge in [0.2, 0.25) is 0 Å². The second kappa shape index (κ2) is 12.8. The number of carbonyl (C=O) groups is 3. The Morgan fingerprint density at radius 3 is 2.51 bits per heavy atom. The molecule has 6 rings (SSSR count). The molecule has 2 aliphatic rings. The van der Waals surface area contributed by atoms with Gasteiger partial charge in [-0.2, -0.15) is 0 Å². The fourth-order valence-corrected chi connectivity index (χ4v) is 6.05. The van der Waals surface area contributed by atoms with Crippen LogP contribution in [0.25, 0.3) is 17.2 Å². The highest BCUT2D eigenvalue weighted by atomic mass is 16.7. The molecule has 2 aromatic carbocycles. The van der Waals surface area contributed by atoms with Gasteiger partial charge in [-0.1, -0.05) is 48.5 Å². The topological polar surface area (TPSA) is 161 Å². The number of ether oxygens (including phenoxy) is 2. The Morgan fingerprint density at radius 1 is 1.02 bits per heavy atom. The molecule has 4 aromatic rings. The second-order valence-electron chi connectivity index (χ2n) is 11.0. The van der Waals surface area contributed by atoms with Crippen LogP contribution in [0.15, 0.2) is 73.3 Å². The predicted molar refractivity (Wildman–Crippen MR) is 165 cm³/mol. The first-order valence-electron chi connectivity index (χ1n) is 14.7.